The number of benzene rings is 2. The van der Waals surface area contributed by atoms with Crippen LogP contribution in [0.4, 0.5) is 11.6 Å². The summed E-state index contributed by atoms with van der Waals surface area (Å²) in [5, 5.41) is 1.14. The molecule has 4 rings (SSSR count). The number of piperazine rings is 1. The zero-order chi connectivity index (χ0) is 15.6. The van der Waals surface area contributed by atoms with Crippen LogP contribution in [0.1, 0.15) is 5.69 Å². The van der Waals surface area contributed by atoms with Crippen molar-refractivity contribution >= 4 is 22.5 Å². The van der Waals surface area contributed by atoms with Gasteiger partial charge >= 0.3 is 0 Å². The molecule has 0 aliphatic carbocycles. The van der Waals surface area contributed by atoms with E-state index in [0.717, 1.165) is 48.7 Å². The molecule has 0 radical (unpaired) electrons. The van der Waals surface area contributed by atoms with Gasteiger partial charge in [-0.1, -0.05) is 36.4 Å². The van der Waals surface area contributed by atoms with Crippen molar-refractivity contribution in [1.82, 2.24) is 9.97 Å². The Morgan fingerprint density at radius 2 is 1.39 bits per heavy atom. The molecule has 1 aliphatic rings. The minimum absolute atomic E-state index is 0.855. The minimum Gasteiger partial charge on any atom is -0.368 e. The second-order valence-corrected chi connectivity index (χ2v) is 5.94. The highest BCUT2D eigenvalue weighted by Gasteiger charge is 2.19. The molecule has 0 saturated carbocycles. The molecule has 4 nitrogen and oxygen atoms in total. The largest absolute Gasteiger partial charge is 0.368 e. The number of aromatic nitrogens is 2. The first-order chi connectivity index (χ1) is 11.3. The summed E-state index contributed by atoms with van der Waals surface area (Å²) in [7, 11) is 0. The highest BCUT2D eigenvalue weighted by Crippen LogP contribution is 2.21. The molecule has 23 heavy (non-hydrogen) atoms. The highest BCUT2D eigenvalue weighted by atomic mass is 15.3. The molecular weight excluding hydrogens is 284 g/mol. The summed E-state index contributed by atoms with van der Waals surface area (Å²) in [6, 6.07) is 18.8. The van der Waals surface area contributed by atoms with E-state index in [1.165, 1.54) is 5.69 Å². The van der Waals surface area contributed by atoms with E-state index in [0.29, 0.717) is 0 Å². The van der Waals surface area contributed by atoms with E-state index < -0.39 is 0 Å². The summed E-state index contributed by atoms with van der Waals surface area (Å²) >= 11 is 0. The number of anilines is 2. The summed E-state index contributed by atoms with van der Waals surface area (Å²) in [5.41, 5.74) is 3.37. The minimum atomic E-state index is 0.855. The molecule has 3 aromatic rings. The molecule has 0 unspecified atom stereocenters. The van der Waals surface area contributed by atoms with Gasteiger partial charge in [0.15, 0.2) is 0 Å². The summed E-state index contributed by atoms with van der Waals surface area (Å²) in [5.74, 6) is 0.855. The molecule has 1 aromatic heterocycles. The summed E-state index contributed by atoms with van der Waals surface area (Å²) < 4.78 is 0. The van der Waals surface area contributed by atoms with Crippen LogP contribution in [0.3, 0.4) is 0 Å². The standard InChI is InChI=1S/C19H20N4/c1-15-17-9-5-6-10-18(17)21-19(20-15)23-13-11-22(12-14-23)16-7-3-2-4-8-16/h2-10H,11-14H2,1H3. The van der Waals surface area contributed by atoms with E-state index in [2.05, 4.69) is 59.2 Å². The quantitative estimate of drug-likeness (QED) is 0.727. The Kier molecular flexibility index (Phi) is 3.58. The Balaban J connectivity index is 1.54. The molecule has 1 fully saturated rings. The fourth-order valence-corrected chi connectivity index (χ4v) is 3.16. The monoisotopic (exact) mass is 304 g/mol. The van der Waals surface area contributed by atoms with Gasteiger partial charge < -0.3 is 9.80 Å². The molecule has 1 aliphatic heterocycles. The maximum Gasteiger partial charge on any atom is 0.226 e. The lowest BCUT2D eigenvalue weighted by molar-refractivity contribution is 0.640. The van der Waals surface area contributed by atoms with Gasteiger partial charge in [-0.3, -0.25) is 0 Å². The number of aryl methyl sites for hydroxylation is 1. The average molecular weight is 304 g/mol. The zero-order valence-electron chi connectivity index (χ0n) is 13.3. The van der Waals surface area contributed by atoms with Crippen LogP contribution in [0, 0.1) is 6.92 Å². The molecule has 4 heteroatoms. The third-order valence-electron chi connectivity index (χ3n) is 4.47. The van der Waals surface area contributed by atoms with E-state index in [9.17, 15) is 0 Å². The molecule has 1 saturated heterocycles. The van der Waals surface area contributed by atoms with Gasteiger partial charge in [0, 0.05) is 37.3 Å². The number of hydrogen-bond donors (Lipinski definition) is 0. The lowest BCUT2D eigenvalue weighted by atomic mass is 10.2. The third kappa shape index (κ3) is 2.72. The molecule has 116 valence electrons. The Morgan fingerprint density at radius 1 is 0.739 bits per heavy atom. The van der Waals surface area contributed by atoms with Gasteiger partial charge in [-0.2, -0.15) is 0 Å². The van der Waals surface area contributed by atoms with Crippen LogP contribution in [0.25, 0.3) is 10.9 Å². The number of hydrogen-bond acceptors (Lipinski definition) is 4. The number of rotatable bonds is 2. The summed E-state index contributed by atoms with van der Waals surface area (Å²) in [4.78, 5) is 14.2. The zero-order valence-corrected chi connectivity index (χ0v) is 13.3. The Hall–Kier alpha value is -2.62. The van der Waals surface area contributed by atoms with E-state index in [-0.39, 0.29) is 0 Å². The molecule has 0 amide bonds. The van der Waals surface area contributed by atoms with E-state index in [4.69, 9.17) is 9.97 Å². The first kappa shape index (κ1) is 14.0. The van der Waals surface area contributed by atoms with Crippen molar-refractivity contribution in [2.45, 2.75) is 6.92 Å². The molecule has 0 spiro atoms. The van der Waals surface area contributed by atoms with E-state index in [1.807, 2.05) is 12.1 Å². The van der Waals surface area contributed by atoms with Gasteiger partial charge in [0.25, 0.3) is 0 Å². The van der Waals surface area contributed by atoms with Crippen LogP contribution in [-0.4, -0.2) is 36.1 Å². The number of para-hydroxylation sites is 2. The van der Waals surface area contributed by atoms with Crippen molar-refractivity contribution in [2.24, 2.45) is 0 Å². The van der Waals surface area contributed by atoms with Gasteiger partial charge in [-0.05, 0) is 25.1 Å². The lowest BCUT2D eigenvalue weighted by Gasteiger charge is -2.36. The van der Waals surface area contributed by atoms with E-state index in [1.54, 1.807) is 0 Å². The van der Waals surface area contributed by atoms with Crippen molar-refractivity contribution < 1.29 is 0 Å². The molecule has 2 heterocycles. The first-order valence-electron chi connectivity index (χ1n) is 8.09. The molecule has 0 atom stereocenters. The Bertz CT molecular complexity index is 808. The molecule has 0 bridgehead atoms. The third-order valence-corrected chi connectivity index (χ3v) is 4.47. The first-order valence-corrected chi connectivity index (χ1v) is 8.09. The average Bonchev–Trinajstić information content (AvgIpc) is 2.63. The predicted octanol–water partition coefficient (Wildman–Crippen LogP) is 3.26. The van der Waals surface area contributed by atoms with Gasteiger partial charge in [-0.25, -0.2) is 9.97 Å². The second kappa shape index (κ2) is 5.88. The summed E-state index contributed by atoms with van der Waals surface area (Å²) in [6.45, 7) is 5.96. The SMILES string of the molecule is Cc1nc(N2CCN(c3ccccc3)CC2)nc2ccccc12. The molecular formula is C19H20N4. The van der Waals surface area contributed by atoms with Crippen molar-refractivity contribution in [3.05, 3.63) is 60.3 Å². The predicted molar refractivity (Wildman–Crippen MR) is 95.1 cm³/mol. The van der Waals surface area contributed by atoms with Gasteiger partial charge in [-0.15, -0.1) is 0 Å². The Labute approximate surface area is 136 Å². The fourth-order valence-electron chi connectivity index (χ4n) is 3.16. The van der Waals surface area contributed by atoms with Crippen LogP contribution in [0.5, 0.6) is 0 Å². The van der Waals surface area contributed by atoms with Crippen molar-refractivity contribution in [2.75, 3.05) is 36.0 Å². The van der Waals surface area contributed by atoms with Gasteiger partial charge in [0.2, 0.25) is 5.95 Å². The van der Waals surface area contributed by atoms with Crippen molar-refractivity contribution in [3.8, 4) is 0 Å². The summed E-state index contributed by atoms with van der Waals surface area (Å²) in [6.07, 6.45) is 0. The molecule has 2 aromatic carbocycles. The van der Waals surface area contributed by atoms with Crippen LogP contribution in [-0.2, 0) is 0 Å². The topological polar surface area (TPSA) is 32.3 Å². The fraction of sp³-hybridized carbons (Fsp3) is 0.263. The van der Waals surface area contributed by atoms with Crippen LogP contribution in [0.2, 0.25) is 0 Å². The van der Waals surface area contributed by atoms with Crippen molar-refractivity contribution in [1.29, 1.82) is 0 Å². The molecule has 0 N–H and O–H groups in total. The smallest absolute Gasteiger partial charge is 0.226 e. The number of nitrogens with zero attached hydrogens (tertiary/aromatic N) is 4. The maximum absolute atomic E-state index is 4.75. The van der Waals surface area contributed by atoms with Crippen molar-refractivity contribution in [3.63, 3.8) is 0 Å². The van der Waals surface area contributed by atoms with Crippen LogP contribution < -0.4 is 9.80 Å². The van der Waals surface area contributed by atoms with Gasteiger partial charge in [0.1, 0.15) is 0 Å². The lowest BCUT2D eigenvalue weighted by Crippen LogP contribution is -2.47. The highest BCUT2D eigenvalue weighted by molar-refractivity contribution is 5.81. The van der Waals surface area contributed by atoms with Crippen LogP contribution >= 0.6 is 0 Å². The normalized spacial score (nSPS) is 15.2. The Morgan fingerprint density at radius 3 is 2.17 bits per heavy atom. The van der Waals surface area contributed by atoms with Crippen LogP contribution in [0.15, 0.2) is 54.6 Å². The number of fused-ring (bicyclic) bond motifs is 1. The van der Waals surface area contributed by atoms with Gasteiger partial charge in [0.05, 0.1) is 11.2 Å². The van der Waals surface area contributed by atoms with E-state index >= 15 is 0 Å². The second-order valence-electron chi connectivity index (χ2n) is 5.94. The maximum atomic E-state index is 4.75.